The zero-order valence-electron chi connectivity index (χ0n) is 13.7. The van der Waals surface area contributed by atoms with E-state index in [2.05, 4.69) is 34.8 Å². The maximum Gasteiger partial charge on any atom is 0.241 e. The van der Waals surface area contributed by atoms with Crippen LogP contribution in [-0.4, -0.2) is 51.3 Å². The molecule has 0 aliphatic rings. The maximum atomic E-state index is 11.3. The van der Waals surface area contributed by atoms with Gasteiger partial charge in [0.05, 0.1) is 6.61 Å². The number of aliphatic imine (C=N–C) groups is 1. The normalized spacial score (nSPS) is 11.0. The monoisotopic (exact) mass is 414 g/mol. The zero-order chi connectivity index (χ0) is 15.2. The Morgan fingerprint density at radius 3 is 2.33 bits per heavy atom. The lowest BCUT2D eigenvalue weighted by atomic mass is 10.1. The molecule has 0 fully saturated rings. The number of rotatable bonds is 10. The van der Waals surface area contributed by atoms with Crippen LogP contribution in [0.1, 0.15) is 34.1 Å². The van der Waals surface area contributed by atoms with Crippen molar-refractivity contribution in [3.05, 3.63) is 0 Å². The van der Waals surface area contributed by atoms with Crippen LogP contribution in [0.15, 0.2) is 4.99 Å². The fourth-order valence-corrected chi connectivity index (χ4v) is 1.41. The van der Waals surface area contributed by atoms with Gasteiger partial charge in [-0.2, -0.15) is 0 Å². The van der Waals surface area contributed by atoms with Gasteiger partial charge in [0.25, 0.3) is 0 Å². The molecule has 7 heteroatoms. The standard InChI is InChI=1S/C14H30N4O2.HI/c1-5-15-13(19)11-18-14(16-6-2)17-8-10-20-9-7-12(3)4;/h12H,5-11H2,1-4H3,(H,15,19)(H2,16,17,18);1H. The van der Waals surface area contributed by atoms with Crippen molar-refractivity contribution in [1.29, 1.82) is 0 Å². The summed E-state index contributed by atoms with van der Waals surface area (Å²) in [6, 6.07) is 0. The van der Waals surface area contributed by atoms with Crippen LogP contribution in [0, 0.1) is 5.92 Å². The van der Waals surface area contributed by atoms with E-state index < -0.39 is 0 Å². The van der Waals surface area contributed by atoms with Crippen molar-refractivity contribution in [3.8, 4) is 0 Å². The molecule has 0 spiro atoms. The average molecular weight is 414 g/mol. The minimum absolute atomic E-state index is 0. The van der Waals surface area contributed by atoms with Crippen molar-refractivity contribution in [2.24, 2.45) is 10.9 Å². The van der Waals surface area contributed by atoms with E-state index >= 15 is 0 Å². The van der Waals surface area contributed by atoms with Crippen molar-refractivity contribution in [3.63, 3.8) is 0 Å². The van der Waals surface area contributed by atoms with Crippen LogP contribution < -0.4 is 16.0 Å². The van der Waals surface area contributed by atoms with Crippen LogP contribution in [-0.2, 0) is 9.53 Å². The van der Waals surface area contributed by atoms with Crippen molar-refractivity contribution in [2.75, 3.05) is 39.4 Å². The summed E-state index contributed by atoms with van der Waals surface area (Å²) in [7, 11) is 0. The van der Waals surface area contributed by atoms with Gasteiger partial charge in [0.1, 0.15) is 6.54 Å². The first-order valence-electron chi connectivity index (χ1n) is 7.46. The molecule has 0 unspecified atom stereocenters. The highest BCUT2D eigenvalue weighted by molar-refractivity contribution is 14.0. The second-order valence-corrected chi connectivity index (χ2v) is 4.87. The Hall–Kier alpha value is -0.570. The number of hydrogen-bond donors (Lipinski definition) is 3. The van der Waals surface area contributed by atoms with Gasteiger partial charge >= 0.3 is 0 Å². The molecule has 6 nitrogen and oxygen atoms in total. The number of amides is 1. The van der Waals surface area contributed by atoms with Crippen LogP contribution in [0.2, 0.25) is 0 Å². The molecule has 1 amide bonds. The van der Waals surface area contributed by atoms with E-state index in [1.165, 1.54) is 0 Å². The Bertz CT molecular complexity index is 286. The summed E-state index contributed by atoms with van der Waals surface area (Å²) < 4.78 is 5.51. The number of nitrogens with one attached hydrogen (secondary N) is 3. The van der Waals surface area contributed by atoms with E-state index in [9.17, 15) is 4.79 Å². The number of carbonyl (C=O) groups excluding carboxylic acids is 1. The number of halogens is 1. The minimum atomic E-state index is -0.0714. The molecule has 0 aromatic heterocycles. The lowest BCUT2D eigenvalue weighted by molar-refractivity contribution is -0.119. The Morgan fingerprint density at radius 1 is 1.10 bits per heavy atom. The van der Waals surface area contributed by atoms with Crippen LogP contribution >= 0.6 is 24.0 Å². The highest BCUT2D eigenvalue weighted by Gasteiger charge is 2.00. The van der Waals surface area contributed by atoms with Crippen LogP contribution in [0.25, 0.3) is 0 Å². The molecule has 0 saturated carbocycles. The lowest BCUT2D eigenvalue weighted by Gasteiger charge is -2.12. The van der Waals surface area contributed by atoms with Crippen molar-refractivity contribution < 1.29 is 9.53 Å². The number of nitrogens with zero attached hydrogens (tertiary/aromatic N) is 1. The van der Waals surface area contributed by atoms with Gasteiger partial charge in [0.15, 0.2) is 5.96 Å². The summed E-state index contributed by atoms with van der Waals surface area (Å²) in [5.41, 5.74) is 0. The molecule has 126 valence electrons. The summed E-state index contributed by atoms with van der Waals surface area (Å²) in [4.78, 5) is 15.5. The molecule has 0 bridgehead atoms. The fraction of sp³-hybridized carbons (Fsp3) is 0.857. The molecule has 0 aromatic carbocycles. The first kappa shape index (κ1) is 22.7. The van der Waals surface area contributed by atoms with E-state index in [1.807, 2.05) is 13.8 Å². The van der Waals surface area contributed by atoms with Gasteiger partial charge < -0.3 is 20.7 Å². The predicted octanol–water partition coefficient (Wildman–Crippen LogP) is 1.36. The molecule has 0 heterocycles. The lowest BCUT2D eigenvalue weighted by Crippen LogP contribution is -2.40. The topological polar surface area (TPSA) is 74.8 Å². The van der Waals surface area contributed by atoms with Crippen LogP contribution in [0.4, 0.5) is 0 Å². The van der Waals surface area contributed by atoms with Crippen LogP contribution in [0.5, 0.6) is 0 Å². The van der Waals surface area contributed by atoms with Gasteiger partial charge in [-0.15, -0.1) is 24.0 Å². The quantitative estimate of drug-likeness (QED) is 0.219. The Labute approximate surface area is 145 Å². The third kappa shape index (κ3) is 15.6. The van der Waals surface area contributed by atoms with Crippen molar-refractivity contribution in [2.45, 2.75) is 34.1 Å². The molecule has 0 rings (SSSR count). The van der Waals surface area contributed by atoms with Crippen molar-refractivity contribution >= 4 is 35.8 Å². The second-order valence-electron chi connectivity index (χ2n) is 4.87. The van der Waals surface area contributed by atoms with Gasteiger partial charge in [0.2, 0.25) is 5.91 Å². The molecular weight excluding hydrogens is 383 g/mol. The fourth-order valence-electron chi connectivity index (χ4n) is 1.41. The smallest absolute Gasteiger partial charge is 0.241 e. The second kappa shape index (κ2) is 15.8. The molecule has 0 saturated heterocycles. The number of hydrogen-bond acceptors (Lipinski definition) is 3. The molecule has 21 heavy (non-hydrogen) atoms. The number of likely N-dealkylation sites (N-methyl/N-ethyl adjacent to an activating group) is 1. The highest BCUT2D eigenvalue weighted by Crippen LogP contribution is 1.98. The van der Waals surface area contributed by atoms with Crippen molar-refractivity contribution in [1.82, 2.24) is 16.0 Å². The number of guanidine groups is 1. The van der Waals surface area contributed by atoms with E-state index in [4.69, 9.17) is 4.74 Å². The molecule has 0 aliphatic carbocycles. The maximum absolute atomic E-state index is 11.3. The summed E-state index contributed by atoms with van der Waals surface area (Å²) in [5, 5.41) is 8.94. The molecule has 0 aliphatic heterocycles. The van der Waals surface area contributed by atoms with Gasteiger partial charge in [-0.3, -0.25) is 4.79 Å². The summed E-state index contributed by atoms with van der Waals surface area (Å²) in [5.74, 6) is 1.24. The van der Waals surface area contributed by atoms with E-state index in [0.717, 1.165) is 19.6 Å². The predicted molar refractivity (Wildman–Crippen MR) is 98.4 cm³/mol. The molecule has 0 radical (unpaired) electrons. The SMILES string of the molecule is CCNC(=O)CN=C(NCC)NCCOCCC(C)C.I. The van der Waals surface area contributed by atoms with Gasteiger partial charge in [-0.1, -0.05) is 13.8 Å². The largest absolute Gasteiger partial charge is 0.380 e. The summed E-state index contributed by atoms with van der Waals surface area (Å²) in [6.45, 7) is 11.9. The molecule has 0 atom stereocenters. The Morgan fingerprint density at radius 2 is 1.76 bits per heavy atom. The Balaban J connectivity index is 0. The first-order valence-corrected chi connectivity index (χ1v) is 7.46. The Kier molecular flexibility index (Phi) is 17.1. The summed E-state index contributed by atoms with van der Waals surface area (Å²) >= 11 is 0. The first-order chi connectivity index (χ1) is 9.60. The molecular formula is C14H31IN4O2. The van der Waals surface area contributed by atoms with Gasteiger partial charge in [-0.25, -0.2) is 4.99 Å². The third-order valence-corrected chi connectivity index (χ3v) is 2.48. The minimum Gasteiger partial charge on any atom is -0.380 e. The molecule has 3 N–H and O–H groups in total. The van der Waals surface area contributed by atoms with Crippen LogP contribution in [0.3, 0.4) is 0 Å². The highest BCUT2D eigenvalue weighted by atomic mass is 127. The van der Waals surface area contributed by atoms with Gasteiger partial charge in [-0.05, 0) is 26.2 Å². The van der Waals surface area contributed by atoms with E-state index in [1.54, 1.807) is 0 Å². The average Bonchev–Trinajstić information content (AvgIpc) is 2.39. The van der Waals surface area contributed by atoms with E-state index in [-0.39, 0.29) is 36.4 Å². The number of carbonyl (C=O) groups is 1. The zero-order valence-corrected chi connectivity index (χ0v) is 16.0. The number of ether oxygens (including phenoxy) is 1. The molecule has 0 aromatic rings. The van der Waals surface area contributed by atoms with E-state index in [0.29, 0.717) is 31.6 Å². The van der Waals surface area contributed by atoms with Gasteiger partial charge in [0, 0.05) is 26.2 Å². The third-order valence-electron chi connectivity index (χ3n) is 2.48. The summed E-state index contributed by atoms with van der Waals surface area (Å²) in [6.07, 6.45) is 1.07.